The summed E-state index contributed by atoms with van der Waals surface area (Å²) in [6.07, 6.45) is 2.11. The summed E-state index contributed by atoms with van der Waals surface area (Å²) in [7, 11) is 1.36. The summed E-state index contributed by atoms with van der Waals surface area (Å²) in [4.78, 5) is 27.6. The summed E-state index contributed by atoms with van der Waals surface area (Å²) >= 11 is 6.09. The molecule has 0 bridgehead atoms. The van der Waals surface area contributed by atoms with Crippen LogP contribution >= 0.6 is 11.6 Å². The average Bonchev–Trinajstić information content (AvgIpc) is 3.33. The van der Waals surface area contributed by atoms with E-state index in [2.05, 4.69) is 10.2 Å². The SMILES string of the molecule is COC(=O)c1ccc([C@H](C)NC(=O)C2(N3CC[C@H](Oc4cccc(Cl)c4)C3)CCOCC2)cc1. The fourth-order valence-electron chi connectivity index (χ4n) is 4.78. The van der Waals surface area contributed by atoms with E-state index in [0.29, 0.717) is 43.2 Å². The Balaban J connectivity index is 1.44. The van der Waals surface area contributed by atoms with Crippen molar-refractivity contribution in [2.45, 2.75) is 43.9 Å². The van der Waals surface area contributed by atoms with Gasteiger partial charge in [0.2, 0.25) is 5.91 Å². The number of ether oxygens (including phenoxy) is 3. The minimum atomic E-state index is -0.634. The van der Waals surface area contributed by atoms with Crippen molar-refractivity contribution in [1.82, 2.24) is 10.2 Å². The Morgan fingerprint density at radius 3 is 2.59 bits per heavy atom. The minimum Gasteiger partial charge on any atom is -0.489 e. The van der Waals surface area contributed by atoms with Gasteiger partial charge in [0.25, 0.3) is 0 Å². The molecule has 2 aliphatic rings. The Labute approximate surface area is 205 Å². The van der Waals surface area contributed by atoms with Crippen molar-refractivity contribution >= 4 is 23.5 Å². The maximum Gasteiger partial charge on any atom is 0.337 e. The molecule has 182 valence electrons. The number of rotatable bonds is 7. The molecule has 8 heteroatoms. The molecule has 4 rings (SSSR count). The average molecular weight is 487 g/mol. The molecule has 0 aromatic heterocycles. The first-order valence-electron chi connectivity index (χ1n) is 11.7. The van der Waals surface area contributed by atoms with Crippen molar-refractivity contribution < 1.29 is 23.8 Å². The predicted molar refractivity (Wildman–Crippen MR) is 129 cm³/mol. The van der Waals surface area contributed by atoms with Crippen molar-refractivity contribution in [3.8, 4) is 5.75 Å². The van der Waals surface area contributed by atoms with Crippen LogP contribution in [0.5, 0.6) is 5.75 Å². The van der Waals surface area contributed by atoms with Gasteiger partial charge in [-0.15, -0.1) is 0 Å². The second-order valence-electron chi connectivity index (χ2n) is 8.88. The Kier molecular flexibility index (Phi) is 7.76. The molecule has 2 fully saturated rings. The van der Waals surface area contributed by atoms with E-state index in [-0.39, 0.29) is 24.0 Å². The maximum absolute atomic E-state index is 13.7. The molecule has 2 saturated heterocycles. The van der Waals surface area contributed by atoms with Crippen LogP contribution in [0.15, 0.2) is 48.5 Å². The third-order valence-electron chi connectivity index (χ3n) is 6.77. The van der Waals surface area contributed by atoms with Gasteiger partial charge in [-0.05, 0) is 62.1 Å². The molecule has 34 heavy (non-hydrogen) atoms. The zero-order valence-corrected chi connectivity index (χ0v) is 20.3. The molecule has 2 atom stereocenters. The molecule has 0 aliphatic carbocycles. The van der Waals surface area contributed by atoms with Gasteiger partial charge < -0.3 is 19.5 Å². The number of nitrogens with one attached hydrogen (secondary N) is 1. The van der Waals surface area contributed by atoms with Gasteiger partial charge in [0.05, 0.1) is 18.7 Å². The zero-order valence-electron chi connectivity index (χ0n) is 19.6. The van der Waals surface area contributed by atoms with E-state index in [4.69, 9.17) is 25.8 Å². The minimum absolute atomic E-state index is 0.00347. The van der Waals surface area contributed by atoms with Crippen molar-refractivity contribution in [2.24, 2.45) is 0 Å². The van der Waals surface area contributed by atoms with Gasteiger partial charge >= 0.3 is 5.97 Å². The third-order valence-corrected chi connectivity index (χ3v) is 7.01. The highest BCUT2D eigenvalue weighted by Gasteiger charge is 2.48. The number of benzene rings is 2. The number of methoxy groups -OCH3 is 1. The van der Waals surface area contributed by atoms with E-state index in [1.807, 2.05) is 43.3 Å². The number of carbonyl (C=O) groups excluding carboxylic acids is 2. The van der Waals surface area contributed by atoms with Crippen LogP contribution in [0.1, 0.15) is 48.1 Å². The lowest BCUT2D eigenvalue weighted by Gasteiger charge is -2.43. The van der Waals surface area contributed by atoms with Gasteiger partial charge in [0.1, 0.15) is 17.4 Å². The number of halogens is 1. The van der Waals surface area contributed by atoms with Crippen LogP contribution in [0.25, 0.3) is 0 Å². The van der Waals surface area contributed by atoms with Crippen molar-refractivity contribution in [3.63, 3.8) is 0 Å². The van der Waals surface area contributed by atoms with Gasteiger partial charge in [-0.2, -0.15) is 0 Å². The van der Waals surface area contributed by atoms with E-state index in [1.54, 1.807) is 12.1 Å². The fourth-order valence-corrected chi connectivity index (χ4v) is 4.96. The van der Waals surface area contributed by atoms with E-state index in [0.717, 1.165) is 24.3 Å². The topological polar surface area (TPSA) is 77.1 Å². The predicted octanol–water partition coefficient (Wildman–Crippen LogP) is 4.01. The van der Waals surface area contributed by atoms with Gasteiger partial charge in [-0.3, -0.25) is 9.69 Å². The largest absolute Gasteiger partial charge is 0.489 e. The molecule has 1 N–H and O–H groups in total. The number of hydrogen-bond acceptors (Lipinski definition) is 6. The summed E-state index contributed by atoms with van der Waals surface area (Å²) in [6, 6.07) is 14.3. The molecule has 0 saturated carbocycles. The standard InChI is InChI=1S/C26H31ClN2O5/c1-18(19-6-8-20(9-7-19)24(30)32-2)28-25(31)26(11-14-33-15-12-26)29-13-10-23(17-29)34-22-5-3-4-21(27)16-22/h3-9,16,18,23H,10-15,17H2,1-2H3,(H,28,31)/t18-,23-/m0/s1. The maximum atomic E-state index is 13.7. The number of carbonyl (C=O) groups is 2. The molecule has 2 aromatic rings. The van der Waals surface area contributed by atoms with Crippen molar-refractivity contribution in [2.75, 3.05) is 33.4 Å². The highest BCUT2D eigenvalue weighted by Crippen LogP contribution is 2.34. The third kappa shape index (κ3) is 5.37. The molecular weight excluding hydrogens is 456 g/mol. The van der Waals surface area contributed by atoms with E-state index < -0.39 is 5.54 Å². The molecular formula is C26H31ClN2O5. The summed E-state index contributed by atoms with van der Waals surface area (Å²) < 4.78 is 16.5. The molecule has 7 nitrogen and oxygen atoms in total. The first-order chi connectivity index (χ1) is 16.4. The molecule has 2 aromatic carbocycles. The van der Waals surface area contributed by atoms with Gasteiger partial charge in [-0.1, -0.05) is 29.8 Å². The fraction of sp³-hybridized carbons (Fsp3) is 0.462. The highest BCUT2D eigenvalue weighted by atomic mass is 35.5. The van der Waals surface area contributed by atoms with Crippen LogP contribution in [0.2, 0.25) is 5.02 Å². The molecule has 2 heterocycles. The van der Waals surface area contributed by atoms with Crippen molar-refractivity contribution in [1.29, 1.82) is 0 Å². The molecule has 0 unspecified atom stereocenters. The van der Waals surface area contributed by atoms with Gasteiger partial charge in [0.15, 0.2) is 0 Å². The lowest BCUT2D eigenvalue weighted by atomic mass is 9.86. The number of esters is 1. The first kappa shape index (κ1) is 24.5. The van der Waals surface area contributed by atoms with Gasteiger partial charge in [-0.25, -0.2) is 4.79 Å². The van der Waals surface area contributed by atoms with Crippen LogP contribution in [0.3, 0.4) is 0 Å². The first-order valence-corrected chi connectivity index (χ1v) is 12.0. The van der Waals surface area contributed by atoms with E-state index >= 15 is 0 Å². The summed E-state index contributed by atoms with van der Waals surface area (Å²) in [5, 5.41) is 3.85. The number of nitrogens with zero attached hydrogens (tertiary/aromatic N) is 1. The molecule has 2 aliphatic heterocycles. The number of hydrogen-bond donors (Lipinski definition) is 1. The van der Waals surface area contributed by atoms with Crippen LogP contribution in [0.4, 0.5) is 0 Å². The molecule has 0 spiro atoms. The van der Waals surface area contributed by atoms with E-state index in [9.17, 15) is 9.59 Å². The Hall–Kier alpha value is -2.61. The lowest BCUT2D eigenvalue weighted by Crippen LogP contribution is -2.61. The second kappa shape index (κ2) is 10.8. The molecule has 0 radical (unpaired) electrons. The molecule has 1 amide bonds. The number of amides is 1. The quantitative estimate of drug-likeness (QED) is 0.596. The smallest absolute Gasteiger partial charge is 0.337 e. The zero-order chi connectivity index (χ0) is 24.1. The Bertz CT molecular complexity index is 1010. The van der Waals surface area contributed by atoms with Crippen molar-refractivity contribution in [3.05, 3.63) is 64.7 Å². The number of likely N-dealkylation sites (tertiary alicyclic amines) is 1. The monoisotopic (exact) mass is 486 g/mol. The second-order valence-corrected chi connectivity index (χ2v) is 9.32. The van der Waals surface area contributed by atoms with E-state index in [1.165, 1.54) is 7.11 Å². The highest BCUT2D eigenvalue weighted by molar-refractivity contribution is 6.30. The van der Waals surface area contributed by atoms with Crippen LogP contribution in [0, 0.1) is 0 Å². The Morgan fingerprint density at radius 1 is 1.18 bits per heavy atom. The normalized spacial score (nSPS) is 21.0. The van der Waals surface area contributed by atoms with Crippen LogP contribution in [-0.4, -0.2) is 61.8 Å². The van der Waals surface area contributed by atoms with Crippen LogP contribution < -0.4 is 10.1 Å². The summed E-state index contributed by atoms with van der Waals surface area (Å²) in [6.45, 7) is 4.49. The Morgan fingerprint density at radius 2 is 1.91 bits per heavy atom. The summed E-state index contributed by atoms with van der Waals surface area (Å²) in [5.41, 5.74) is 0.769. The lowest BCUT2D eigenvalue weighted by molar-refractivity contribution is -0.140. The van der Waals surface area contributed by atoms with Gasteiger partial charge in [0, 0.05) is 31.3 Å². The summed E-state index contributed by atoms with van der Waals surface area (Å²) in [5.74, 6) is 0.366. The van der Waals surface area contributed by atoms with Crippen LogP contribution in [-0.2, 0) is 14.3 Å².